The van der Waals surface area contributed by atoms with Crippen molar-refractivity contribution in [3.63, 3.8) is 0 Å². The summed E-state index contributed by atoms with van der Waals surface area (Å²) >= 11 is 0. The summed E-state index contributed by atoms with van der Waals surface area (Å²) in [6.45, 7) is 1.49. The highest BCUT2D eigenvalue weighted by Crippen LogP contribution is 2.24. The first-order valence-corrected chi connectivity index (χ1v) is 9.50. The lowest BCUT2D eigenvalue weighted by molar-refractivity contribution is -0.000360. The quantitative estimate of drug-likeness (QED) is 0.651. The Kier molecular flexibility index (Phi) is 5.53. The third kappa shape index (κ3) is 4.14. The third-order valence-corrected chi connectivity index (χ3v) is 4.84. The molecule has 0 saturated carbocycles. The molecule has 7 heteroatoms. The van der Waals surface area contributed by atoms with Gasteiger partial charge in [0.15, 0.2) is 11.5 Å². The van der Waals surface area contributed by atoms with Crippen LogP contribution in [0.25, 0.3) is 10.9 Å². The molecule has 2 aromatic heterocycles. The number of benzene rings is 1. The van der Waals surface area contributed by atoms with Gasteiger partial charge in [0.2, 0.25) is 0 Å². The lowest BCUT2D eigenvalue weighted by Crippen LogP contribution is -2.37. The van der Waals surface area contributed by atoms with Gasteiger partial charge in [0.05, 0.1) is 6.10 Å². The minimum Gasteiger partial charge on any atom is -0.483 e. The Morgan fingerprint density at radius 2 is 2.18 bits per heavy atom. The fourth-order valence-corrected chi connectivity index (χ4v) is 3.36. The Labute approximate surface area is 163 Å². The van der Waals surface area contributed by atoms with Crippen LogP contribution in [0.5, 0.6) is 5.75 Å². The van der Waals surface area contributed by atoms with Gasteiger partial charge in [-0.1, -0.05) is 23.4 Å². The van der Waals surface area contributed by atoms with E-state index in [1.165, 1.54) is 0 Å². The van der Waals surface area contributed by atoms with Gasteiger partial charge >= 0.3 is 0 Å². The lowest BCUT2D eigenvalue weighted by Gasteiger charge is -2.26. The van der Waals surface area contributed by atoms with Crippen LogP contribution in [0.1, 0.15) is 35.5 Å². The summed E-state index contributed by atoms with van der Waals surface area (Å²) in [7, 11) is 1.76. The van der Waals surface area contributed by atoms with E-state index in [1.54, 1.807) is 24.2 Å². The first-order valence-electron chi connectivity index (χ1n) is 9.50. The minimum absolute atomic E-state index is 0.0938. The van der Waals surface area contributed by atoms with Gasteiger partial charge in [0, 0.05) is 37.8 Å². The number of aromatic nitrogens is 2. The van der Waals surface area contributed by atoms with Gasteiger partial charge in [-0.15, -0.1) is 0 Å². The van der Waals surface area contributed by atoms with Crippen LogP contribution in [0.15, 0.2) is 47.1 Å². The molecular formula is C21H23N3O4. The molecule has 3 aromatic rings. The van der Waals surface area contributed by atoms with Crippen LogP contribution in [0.2, 0.25) is 0 Å². The number of carbonyl (C=O) groups excluding carboxylic acids is 1. The van der Waals surface area contributed by atoms with Gasteiger partial charge in [-0.3, -0.25) is 9.78 Å². The van der Waals surface area contributed by atoms with Crippen molar-refractivity contribution in [2.45, 2.75) is 32.0 Å². The molecule has 4 rings (SSSR count). The Morgan fingerprint density at radius 3 is 3.04 bits per heavy atom. The van der Waals surface area contributed by atoms with Crippen molar-refractivity contribution in [1.82, 2.24) is 15.0 Å². The second kappa shape index (κ2) is 8.39. The number of pyridine rings is 1. The van der Waals surface area contributed by atoms with E-state index >= 15 is 0 Å². The van der Waals surface area contributed by atoms with E-state index in [9.17, 15) is 4.79 Å². The summed E-state index contributed by atoms with van der Waals surface area (Å²) in [5, 5.41) is 4.90. The van der Waals surface area contributed by atoms with Crippen molar-refractivity contribution in [2.24, 2.45) is 0 Å². The standard InChI is InChI=1S/C21H23N3O4/c1-24(13-16-8-2-3-11-26-16)21(25)18-12-17(28-23-18)14-27-19-9-4-6-15-7-5-10-22-20(15)19/h4-7,9-10,12,16H,2-3,8,11,13-14H2,1H3/t16-/m0/s1. The van der Waals surface area contributed by atoms with E-state index < -0.39 is 0 Å². The zero-order chi connectivity index (χ0) is 19.3. The van der Waals surface area contributed by atoms with E-state index in [-0.39, 0.29) is 24.3 Å². The number of fused-ring (bicyclic) bond motifs is 1. The van der Waals surface area contributed by atoms with Crippen LogP contribution >= 0.6 is 0 Å². The SMILES string of the molecule is CN(C[C@@H]1CCCCO1)C(=O)c1cc(COc2cccc3cccnc23)on1. The molecule has 1 aliphatic rings. The van der Waals surface area contributed by atoms with E-state index in [4.69, 9.17) is 14.0 Å². The van der Waals surface area contributed by atoms with Gasteiger partial charge in [-0.25, -0.2) is 0 Å². The van der Waals surface area contributed by atoms with Gasteiger partial charge in [-0.2, -0.15) is 0 Å². The van der Waals surface area contributed by atoms with Crippen molar-refractivity contribution in [1.29, 1.82) is 0 Å². The number of para-hydroxylation sites is 1. The number of rotatable bonds is 6. The number of amides is 1. The molecule has 3 heterocycles. The van der Waals surface area contributed by atoms with Crippen LogP contribution in [0.4, 0.5) is 0 Å². The molecule has 1 aliphatic heterocycles. The molecule has 0 spiro atoms. The maximum atomic E-state index is 12.6. The molecular weight excluding hydrogens is 358 g/mol. The van der Waals surface area contributed by atoms with Gasteiger partial charge in [0.1, 0.15) is 17.9 Å². The number of ether oxygens (including phenoxy) is 2. The second-order valence-corrected chi connectivity index (χ2v) is 6.97. The smallest absolute Gasteiger partial charge is 0.275 e. The van der Waals surface area contributed by atoms with Crippen LogP contribution < -0.4 is 4.74 Å². The first-order chi connectivity index (χ1) is 13.7. The molecule has 28 heavy (non-hydrogen) atoms. The first kappa shape index (κ1) is 18.4. The second-order valence-electron chi connectivity index (χ2n) is 6.97. The number of hydrogen-bond acceptors (Lipinski definition) is 6. The van der Waals surface area contributed by atoms with Gasteiger partial charge in [-0.05, 0) is 31.4 Å². The molecule has 1 fully saturated rings. The Hall–Kier alpha value is -2.93. The van der Waals surface area contributed by atoms with Crippen molar-refractivity contribution < 1.29 is 18.8 Å². The summed E-state index contributed by atoms with van der Waals surface area (Å²) in [5.41, 5.74) is 1.06. The maximum absolute atomic E-state index is 12.6. The molecule has 0 unspecified atom stereocenters. The molecule has 7 nitrogen and oxygen atoms in total. The highest BCUT2D eigenvalue weighted by molar-refractivity contribution is 5.92. The van der Waals surface area contributed by atoms with Crippen LogP contribution in [-0.2, 0) is 11.3 Å². The summed E-state index contributed by atoms with van der Waals surface area (Å²) in [4.78, 5) is 18.6. The number of nitrogens with zero attached hydrogens (tertiary/aromatic N) is 3. The predicted molar refractivity (Wildman–Crippen MR) is 103 cm³/mol. The highest BCUT2D eigenvalue weighted by atomic mass is 16.5. The molecule has 1 aromatic carbocycles. The zero-order valence-electron chi connectivity index (χ0n) is 15.8. The Morgan fingerprint density at radius 1 is 1.29 bits per heavy atom. The topological polar surface area (TPSA) is 77.7 Å². The fraction of sp³-hybridized carbons (Fsp3) is 0.381. The monoisotopic (exact) mass is 381 g/mol. The van der Waals surface area contributed by atoms with Crippen molar-refractivity contribution in [3.05, 3.63) is 54.0 Å². The number of carbonyl (C=O) groups is 1. The molecule has 0 bridgehead atoms. The van der Waals surface area contributed by atoms with E-state index in [2.05, 4.69) is 10.1 Å². The molecule has 1 atom stereocenters. The van der Waals surface area contributed by atoms with Crippen molar-refractivity contribution in [3.8, 4) is 5.75 Å². The zero-order valence-corrected chi connectivity index (χ0v) is 15.8. The third-order valence-electron chi connectivity index (χ3n) is 4.84. The fourth-order valence-electron chi connectivity index (χ4n) is 3.36. The molecule has 0 radical (unpaired) electrons. The van der Waals surface area contributed by atoms with Crippen LogP contribution in [0.3, 0.4) is 0 Å². The summed E-state index contributed by atoms with van der Waals surface area (Å²) in [6, 6.07) is 11.2. The van der Waals surface area contributed by atoms with Crippen LogP contribution in [-0.4, -0.2) is 47.3 Å². The lowest BCUT2D eigenvalue weighted by atomic mass is 10.1. The molecule has 1 saturated heterocycles. The van der Waals surface area contributed by atoms with E-state index in [0.29, 0.717) is 18.1 Å². The normalized spacial score (nSPS) is 16.8. The molecule has 0 N–H and O–H groups in total. The maximum Gasteiger partial charge on any atom is 0.275 e. The number of hydrogen-bond donors (Lipinski definition) is 0. The van der Waals surface area contributed by atoms with Crippen molar-refractivity contribution in [2.75, 3.05) is 20.2 Å². The average molecular weight is 381 g/mol. The summed E-state index contributed by atoms with van der Waals surface area (Å²) in [5.74, 6) is 0.962. The predicted octanol–water partition coefficient (Wildman–Crippen LogP) is 3.44. The average Bonchev–Trinajstić information content (AvgIpc) is 3.21. The molecule has 146 valence electrons. The van der Waals surface area contributed by atoms with Crippen molar-refractivity contribution >= 4 is 16.8 Å². The van der Waals surface area contributed by atoms with E-state index in [1.807, 2.05) is 30.3 Å². The number of likely N-dealkylation sites (N-methyl/N-ethyl adjacent to an activating group) is 1. The Bertz CT molecular complexity index is 944. The summed E-state index contributed by atoms with van der Waals surface area (Å²) < 4.78 is 16.8. The van der Waals surface area contributed by atoms with Crippen LogP contribution in [0, 0.1) is 0 Å². The molecule has 1 amide bonds. The highest BCUT2D eigenvalue weighted by Gasteiger charge is 2.22. The largest absolute Gasteiger partial charge is 0.483 e. The van der Waals surface area contributed by atoms with Gasteiger partial charge < -0.3 is 18.9 Å². The minimum atomic E-state index is -0.184. The van der Waals surface area contributed by atoms with Gasteiger partial charge in [0.25, 0.3) is 5.91 Å². The molecule has 0 aliphatic carbocycles. The van der Waals surface area contributed by atoms with E-state index in [0.717, 1.165) is 36.8 Å². The summed E-state index contributed by atoms with van der Waals surface area (Å²) in [6.07, 6.45) is 5.03. The Balaban J connectivity index is 1.37.